The van der Waals surface area contributed by atoms with Crippen LogP contribution in [0.2, 0.25) is 25.7 Å². The first kappa shape index (κ1) is 34.7. The molecule has 0 bridgehead atoms. The third-order valence-electron chi connectivity index (χ3n) is 7.36. The van der Waals surface area contributed by atoms with Gasteiger partial charge in [-0.25, -0.2) is 22.7 Å². The number of rotatable bonds is 15. The highest BCUT2D eigenvalue weighted by Gasteiger charge is 2.45. The molecule has 1 aromatic carbocycles. The van der Waals surface area contributed by atoms with E-state index in [0.29, 0.717) is 5.89 Å². The van der Waals surface area contributed by atoms with Gasteiger partial charge in [-0.2, -0.15) is 18.2 Å². The number of para-hydroxylation sites is 2. The van der Waals surface area contributed by atoms with Gasteiger partial charge in [-0.05, 0) is 44.0 Å². The molecule has 2 unspecified atom stereocenters. The predicted octanol–water partition coefficient (Wildman–Crippen LogP) is 6.12. The standard InChI is InChI=1S/C30H37F3N6O6SSi/c1-19(42-2)17-46(40,41)39(18-43-14-15-47(3,4)5)27-29(36-23-9-7-6-8-22(23)35-27)44-25(30(31,32)33)21-12-13-24(34-16-21)26-37-28(45-38-26)20-10-11-20/h6-9,12-13,16,19-20,25H,10-11,14-15,17-18H2,1-5H3. The van der Waals surface area contributed by atoms with Gasteiger partial charge >= 0.3 is 6.18 Å². The van der Waals surface area contributed by atoms with Gasteiger partial charge in [0.15, 0.2) is 0 Å². The van der Waals surface area contributed by atoms with Crippen LogP contribution in [0, 0.1) is 0 Å². The molecule has 1 saturated carbocycles. The Morgan fingerprint density at radius 1 is 1.06 bits per heavy atom. The van der Waals surface area contributed by atoms with Crippen molar-refractivity contribution in [3.05, 3.63) is 54.0 Å². The normalized spacial score (nSPS) is 15.5. The van der Waals surface area contributed by atoms with Crippen LogP contribution in [0.15, 0.2) is 47.1 Å². The van der Waals surface area contributed by atoms with Crippen LogP contribution in [-0.4, -0.2) is 80.1 Å². The number of nitrogens with zero attached hydrogens (tertiary/aromatic N) is 6. The minimum Gasteiger partial charge on any atom is -0.457 e. The minimum absolute atomic E-state index is 0.158. The number of benzene rings is 1. The Bertz CT molecular complexity index is 1780. The van der Waals surface area contributed by atoms with E-state index >= 15 is 0 Å². The van der Waals surface area contributed by atoms with E-state index in [4.69, 9.17) is 18.7 Å². The lowest BCUT2D eigenvalue weighted by Crippen LogP contribution is -2.40. The van der Waals surface area contributed by atoms with Crippen LogP contribution >= 0.6 is 0 Å². The van der Waals surface area contributed by atoms with Crippen LogP contribution < -0.4 is 9.04 Å². The summed E-state index contributed by atoms with van der Waals surface area (Å²) in [5.41, 5.74) is 0.307. The van der Waals surface area contributed by atoms with E-state index in [1.54, 1.807) is 25.1 Å². The molecule has 0 spiro atoms. The monoisotopic (exact) mass is 694 g/mol. The second kappa shape index (κ2) is 13.8. The summed E-state index contributed by atoms with van der Waals surface area (Å²) in [6, 6.07) is 9.64. The average Bonchev–Trinajstić information content (AvgIpc) is 3.74. The maximum Gasteiger partial charge on any atom is 0.429 e. The van der Waals surface area contributed by atoms with Crippen LogP contribution in [0.25, 0.3) is 22.6 Å². The molecular formula is C30H37F3N6O6SSi. The fourth-order valence-electron chi connectivity index (χ4n) is 4.43. The smallest absolute Gasteiger partial charge is 0.429 e. The first-order chi connectivity index (χ1) is 22.1. The van der Waals surface area contributed by atoms with E-state index in [1.807, 2.05) is 0 Å². The molecule has 0 N–H and O–H groups in total. The van der Waals surface area contributed by atoms with Crippen molar-refractivity contribution in [2.45, 2.75) is 69.8 Å². The molecule has 4 aromatic rings. The zero-order valence-electron chi connectivity index (χ0n) is 26.7. The summed E-state index contributed by atoms with van der Waals surface area (Å²) in [7, 11) is -4.46. The number of fused-ring (bicyclic) bond motifs is 1. The van der Waals surface area contributed by atoms with Gasteiger partial charge in [0, 0.05) is 39.5 Å². The van der Waals surface area contributed by atoms with Crippen molar-refractivity contribution in [1.82, 2.24) is 25.1 Å². The molecule has 17 heteroatoms. The van der Waals surface area contributed by atoms with Crippen molar-refractivity contribution in [2.24, 2.45) is 0 Å². The van der Waals surface area contributed by atoms with Gasteiger partial charge in [-0.3, -0.25) is 4.98 Å². The Labute approximate surface area is 271 Å². The van der Waals surface area contributed by atoms with Crippen LogP contribution in [-0.2, 0) is 19.5 Å². The zero-order valence-corrected chi connectivity index (χ0v) is 28.5. The summed E-state index contributed by atoms with van der Waals surface area (Å²) >= 11 is 0. The summed E-state index contributed by atoms with van der Waals surface area (Å²) in [6.07, 6.45) is -5.40. The van der Waals surface area contributed by atoms with Gasteiger partial charge in [0.25, 0.3) is 5.88 Å². The van der Waals surface area contributed by atoms with Crippen LogP contribution in [0.5, 0.6) is 5.88 Å². The second-order valence-corrected chi connectivity index (χ2v) is 20.2. The number of alkyl halides is 3. The first-order valence-corrected chi connectivity index (χ1v) is 20.4. The number of sulfonamides is 1. The lowest BCUT2D eigenvalue weighted by Gasteiger charge is -2.28. The van der Waals surface area contributed by atoms with Gasteiger partial charge < -0.3 is 18.7 Å². The third-order valence-corrected chi connectivity index (χ3v) is 10.9. The van der Waals surface area contributed by atoms with Crippen molar-refractivity contribution in [2.75, 3.05) is 30.5 Å². The molecule has 0 radical (unpaired) electrons. The van der Waals surface area contributed by atoms with Crippen molar-refractivity contribution in [3.8, 4) is 17.4 Å². The minimum atomic E-state index is -4.96. The fraction of sp³-hybridized carbons (Fsp3) is 0.500. The maximum absolute atomic E-state index is 14.7. The van der Waals surface area contributed by atoms with Crippen molar-refractivity contribution >= 4 is 34.9 Å². The highest BCUT2D eigenvalue weighted by atomic mass is 32.2. The highest BCUT2D eigenvalue weighted by molar-refractivity contribution is 7.92. The highest BCUT2D eigenvalue weighted by Crippen LogP contribution is 2.41. The molecule has 0 amide bonds. The zero-order chi connectivity index (χ0) is 34.0. The van der Waals surface area contributed by atoms with Crippen molar-refractivity contribution in [1.29, 1.82) is 0 Å². The van der Waals surface area contributed by atoms with Crippen LogP contribution in [0.3, 0.4) is 0 Å². The molecule has 5 rings (SSSR count). The fourth-order valence-corrected chi connectivity index (χ4v) is 6.72. The van der Waals surface area contributed by atoms with E-state index < -0.39 is 60.7 Å². The Balaban J connectivity index is 1.53. The van der Waals surface area contributed by atoms with Gasteiger partial charge in [-0.1, -0.05) is 43.0 Å². The van der Waals surface area contributed by atoms with Crippen LogP contribution in [0.1, 0.15) is 43.2 Å². The topological polar surface area (TPSA) is 143 Å². The predicted molar refractivity (Wildman–Crippen MR) is 170 cm³/mol. The van der Waals surface area contributed by atoms with Gasteiger partial charge in [-0.15, -0.1) is 0 Å². The molecule has 1 aliphatic carbocycles. The SMILES string of the molecule is COC(C)CS(=O)(=O)N(COCC[Si](C)(C)C)c1nc2ccccc2nc1OC(c1ccc(-c2noc(C3CC3)n2)nc1)C(F)(F)F. The summed E-state index contributed by atoms with van der Waals surface area (Å²) < 4.78 is 94.1. The summed E-state index contributed by atoms with van der Waals surface area (Å²) in [5.74, 6) is -0.772. The van der Waals surface area contributed by atoms with E-state index in [-0.39, 0.29) is 40.6 Å². The molecule has 2 atom stereocenters. The van der Waals surface area contributed by atoms with Crippen molar-refractivity contribution in [3.63, 3.8) is 0 Å². The molecule has 3 aromatic heterocycles. The number of methoxy groups -OCH3 is 1. The third kappa shape index (κ3) is 8.82. The number of aromatic nitrogens is 5. The Hall–Kier alpha value is -3.67. The summed E-state index contributed by atoms with van der Waals surface area (Å²) in [5, 5.41) is 3.89. The molecular weight excluding hydrogens is 658 g/mol. The van der Waals surface area contributed by atoms with E-state index in [1.165, 1.54) is 25.3 Å². The average molecular weight is 695 g/mol. The number of hydrogen-bond donors (Lipinski definition) is 0. The van der Waals surface area contributed by atoms with Gasteiger partial charge in [0.05, 0.1) is 22.9 Å². The Morgan fingerprint density at radius 2 is 1.77 bits per heavy atom. The summed E-state index contributed by atoms with van der Waals surface area (Å²) in [4.78, 5) is 17.2. The molecule has 254 valence electrons. The first-order valence-electron chi connectivity index (χ1n) is 15.1. The second-order valence-electron chi connectivity index (χ2n) is 12.6. The number of hydrogen-bond acceptors (Lipinski definition) is 11. The largest absolute Gasteiger partial charge is 0.457 e. The molecule has 1 aliphatic rings. The number of ether oxygens (including phenoxy) is 3. The quantitative estimate of drug-likeness (QED) is 0.0807. The molecule has 0 aliphatic heterocycles. The molecule has 3 heterocycles. The van der Waals surface area contributed by atoms with Gasteiger partial charge in [0.1, 0.15) is 12.4 Å². The number of halogens is 3. The Morgan fingerprint density at radius 3 is 2.36 bits per heavy atom. The number of anilines is 1. The van der Waals surface area contributed by atoms with Crippen LogP contribution in [0.4, 0.5) is 19.0 Å². The van der Waals surface area contributed by atoms with E-state index in [0.717, 1.165) is 29.4 Å². The van der Waals surface area contributed by atoms with E-state index in [9.17, 15) is 21.6 Å². The Kier molecular flexibility index (Phi) is 10.2. The lowest BCUT2D eigenvalue weighted by molar-refractivity contribution is -0.198. The van der Waals surface area contributed by atoms with Crippen molar-refractivity contribution < 1.29 is 40.3 Å². The number of pyridine rings is 1. The molecule has 12 nitrogen and oxygen atoms in total. The molecule has 0 saturated heterocycles. The van der Waals surface area contributed by atoms with E-state index in [2.05, 4.69) is 44.7 Å². The molecule has 47 heavy (non-hydrogen) atoms. The van der Waals surface area contributed by atoms with Gasteiger partial charge in [0.2, 0.25) is 33.7 Å². The molecule has 1 fully saturated rings. The maximum atomic E-state index is 14.7. The lowest BCUT2D eigenvalue weighted by atomic mass is 10.1. The summed E-state index contributed by atoms with van der Waals surface area (Å²) in [6.45, 7) is 7.69.